The van der Waals surface area contributed by atoms with Gasteiger partial charge in [0.05, 0.1) is 6.04 Å². The molecule has 0 spiro atoms. The molecule has 0 saturated heterocycles. The molecule has 1 atom stereocenters. The van der Waals surface area contributed by atoms with Crippen molar-refractivity contribution in [3.05, 3.63) is 81.3 Å². The minimum absolute atomic E-state index is 0.0415. The highest BCUT2D eigenvalue weighted by molar-refractivity contribution is 7.10. The molecule has 0 aliphatic heterocycles. The fourth-order valence-electron chi connectivity index (χ4n) is 2.89. The van der Waals surface area contributed by atoms with Crippen molar-refractivity contribution in [1.82, 2.24) is 24.9 Å². The summed E-state index contributed by atoms with van der Waals surface area (Å²) in [6.07, 6.45) is 0. The number of aryl methyl sites for hydroxylation is 2. The number of benzene rings is 1. The highest BCUT2D eigenvalue weighted by Crippen LogP contribution is 2.26. The van der Waals surface area contributed by atoms with Crippen LogP contribution in [0.1, 0.15) is 38.5 Å². The molecule has 8 heteroatoms. The molecule has 4 rings (SSSR count). The predicted molar refractivity (Wildman–Crippen MR) is 100 cm³/mol. The average molecular weight is 381 g/mol. The Morgan fingerprint density at radius 2 is 1.96 bits per heavy atom. The first-order valence-electron chi connectivity index (χ1n) is 8.32. The molecule has 1 N–H and O–H groups in total. The van der Waals surface area contributed by atoms with Crippen LogP contribution in [0.15, 0.2) is 47.8 Å². The zero-order valence-corrected chi connectivity index (χ0v) is 15.5. The molecule has 3 aromatic heterocycles. The van der Waals surface area contributed by atoms with Crippen molar-refractivity contribution in [3.8, 4) is 0 Å². The van der Waals surface area contributed by atoms with E-state index in [1.54, 1.807) is 16.6 Å². The number of carbonyl (C=O) groups is 1. The van der Waals surface area contributed by atoms with Gasteiger partial charge in [-0.2, -0.15) is 4.98 Å². The quantitative estimate of drug-likeness (QED) is 0.588. The fraction of sp³-hybridized carbons (Fsp3) is 0.158. The van der Waals surface area contributed by atoms with Gasteiger partial charge in [0, 0.05) is 16.3 Å². The molecule has 0 radical (unpaired) electrons. The Labute approximate surface area is 158 Å². The lowest BCUT2D eigenvalue weighted by atomic mass is 10.1. The molecule has 1 unspecified atom stereocenters. The van der Waals surface area contributed by atoms with E-state index < -0.39 is 11.9 Å². The molecule has 27 heavy (non-hydrogen) atoms. The first kappa shape index (κ1) is 17.3. The largest absolute Gasteiger partial charge is 0.338 e. The van der Waals surface area contributed by atoms with Gasteiger partial charge in [-0.3, -0.25) is 4.79 Å². The number of fused-ring (bicyclic) bond motifs is 1. The van der Waals surface area contributed by atoms with Gasteiger partial charge < -0.3 is 5.32 Å². The maximum absolute atomic E-state index is 13.3. The standard InChI is InChI=1S/C19H16FN5OS/c1-11-10-12(2)25-19(21-11)23-17(24-25)18(26)22-16(15-4-3-9-27-15)13-5-7-14(20)8-6-13/h3-10,16H,1-2H3,(H,22,26). The van der Waals surface area contributed by atoms with E-state index in [0.717, 1.165) is 21.8 Å². The predicted octanol–water partition coefficient (Wildman–Crippen LogP) is 3.46. The third-order valence-corrected chi connectivity index (χ3v) is 5.07. The molecule has 0 fully saturated rings. The highest BCUT2D eigenvalue weighted by Gasteiger charge is 2.22. The van der Waals surface area contributed by atoms with Crippen LogP contribution < -0.4 is 5.32 Å². The van der Waals surface area contributed by atoms with E-state index in [9.17, 15) is 9.18 Å². The fourth-order valence-corrected chi connectivity index (χ4v) is 3.69. The molecule has 4 aromatic rings. The van der Waals surface area contributed by atoms with Gasteiger partial charge in [-0.25, -0.2) is 13.9 Å². The number of rotatable bonds is 4. The molecule has 0 aliphatic carbocycles. The van der Waals surface area contributed by atoms with Crippen molar-refractivity contribution < 1.29 is 9.18 Å². The van der Waals surface area contributed by atoms with Gasteiger partial charge in [-0.15, -0.1) is 16.4 Å². The van der Waals surface area contributed by atoms with Crippen LogP contribution in [0.4, 0.5) is 4.39 Å². The van der Waals surface area contributed by atoms with E-state index in [1.807, 2.05) is 37.4 Å². The maximum Gasteiger partial charge on any atom is 0.291 e. The smallest absolute Gasteiger partial charge is 0.291 e. The van der Waals surface area contributed by atoms with Gasteiger partial charge in [0.15, 0.2) is 0 Å². The zero-order valence-electron chi connectivity index (χ0n) is 14.7. The van der Waals surface area contributed by atoms with E-state index in [1.165, 1.54) is 23.5 Å². The molecule has 136 valence electrons. The second-order valence-corrected chi connectivity index (χ2v) is 7.14. The third-order valence-electron chi connectivity index (χ3n) is 4.13. The van der Waals surface area contributed by atoms with E-state index in [4.69, 9.17) is 0 Å². The Morgan fingerprint density at radius 3 is 2.67 bits per heavy atom. The number of hydrogen-bond acceptors (Lipinski definition) is 5. The van der Waals surface area contributed by atoms with Gasteiger partial charge in [0.2, 0.25) is 5.82 Å². The summed E-state index contributed by atoms with van der Waals surface area (Å²) in [7, 11) is 0. The Bertz CT molecular complexity index is 1110. The lowest BCUT2D eigenvalue weighted by Gasteiger charge is -2.17. The number of halogens is 1. The summed E-state index contributed by atoms with van der Waals surface area (Å²) in [5.41, 5.74) is 2.43. The molecular weight excluding hydrogens is 365 g/mol. The van der Waals surface area contributed by atoms with E-state index in [0.29, 0.717) is 5.78 Å². The Balaban J connectivity index is 1.68. The summed E-state index contributed by atoms with van der Waals surface area (Å²) in [5.74, 6) is -0.318. The van der Waals surface area contributed by atoms with Crippen LogP contribution >= 0.6 is 11.3 Å². The number of carbonyl (C=O) groups excluding carboxylic acids is 1. The lowest BCUT2D eigenvalue weighted by Crippen LogP contribution is -2.29. The van der Waals surface area contributed by atoms with Gasteiger partial charge in [-0.1, -0.05) is 18.2 Å². The van der Waals surface area contributed by atoms with Crippen LogP contribution in [0.5, 0.6) is 0 Å². The van der Waals surface area contributed by atoms with Crippen molar-refractivity contribution in [1.29, 1.82) is 0 Å². The molecule has 0 saturated carbocycles. The topological polar surface area (TPSA) is 72.2 Å². The molecular formula is C19H16FN5OS. The third kappa shape index (κ3) is 3.43. The lowest BCUT2D eigenvalue weighted by molar-refractivity contribution is 0.0933. The summed E-state index contributed by atoms with van der Waals surface area (Å²) < 4.78 is 14.8. The summed E-state index contributed by atoms with van der Waals surface area (Å²) >= 11 is 1.51. The number of thiophene rings is 1. The summed E-state index contributed by atoms with van der Waals surface area (Å²) in [6, 6.07) is 11.4. The number of aromatic nitrogens is 4. The summed E-state index contributed by atoms with van der Waals surface area (Å²) in [6.45, 7) is 3.74. The average Bonchev–Trinajstić information content (AvgIpc) is 3.30. The number of nitrogens with zero attached hydrogens (tertiary/aromatic N) is 4. The van der Waals surface area contributed by atoms with Gasteiger partial charge in [-0.05, 0) is 49.1 Å². The van der Waals surface area contributed by atoms with Crippen LogP contribution in [-0.2, 0) is 0 Å². The Morgan fingerprint density at radius 1 is 1.19 bits per heavy atom. The minimum atomic E-state index is -0.416. The second-order valence-electron chi connectivity index (χ2n) is 6.16. The summed E-state index contributed by atoms with van der Waals surface area (Å²) in [4.78, 5) is 22.3. The van der Waals surface area contributed by atoms with E-state index in [-0.39, 0.29) is 11.6 Å². The monoisotopic (exact) mass is 381 g/mol. The first-order chi connectivity index (χ1) is 13.0. The molecule has 0 bridgehead atoms. The molecule has 0 aliphatic rings. The van der Waals surface area contributed by atoms with Gasteiger partial charge >= 0.3 is 0 Å². The van der Waals surface area contributed by atoms with Crippen LogP contribution in [0.3, 0.4) is 0 Å². The van der Waals surface area contributed by atoms with Crippen molar-refractivity contribution in [3.63, 3.8) is 0 Å². The van der Waals surface area contributed by atoms with Crippen molar-refractivity contribution in [2.45, 2.75) is 19.9 Å². The van der Waals surface area contributed by atoms with Crippen LogP contribution in [-0.4, -0.2) is 25.5 Å². The Hall–Kier alpha value is -3.13. The van der Waals surface area contributed by atoms with Crippen LogP contribution in [0.25, 0.3) is 5.78 Å². The van der Waals surface area contributed by atoms with Gasteiger partial charge in [0.25, 0.3) is 11.7 Å². The molecule has 1 aromatic carbocycles. The van der Waals surface area contributed by atoms with Crippen LogP contribution in [0.2, 0.25) is 0 Å². The highest BCUT2D eigenvalue weighted by atomic mass is 32.1. The SMILES string of the molecule is Cc1cc(C)n2nc(C(=O)NC(c3ccc(F)cc3)c3cccs3)nc2n1. The number of amides is 1. The second kappa shape index (κ2) is 6.88. The first-order valence-corrected chi connectivity index (χ1v) is 9.20. The van der Waals surface area contributed by atoms with Crippen molar-refractivity contribution in [2.24, 2.45) is 0 Å². The summed E-state index contributed by atoms with van der Waals surface area (Å²) in [5, 5.41) is 9.15. The number of hydrogen-bond donors (Lipinski definition) is 1. The van der Waals surface area contributed by atoms with Gasteiger partial charge in [0.1, 0.15) is 5.82 Å². The minimum Gasteiger partial charge on any atom is -0.338 e. The molecule has 6 nitrogen and oxygen atoms in total. The number of nitrogens with one attached hydrogen (secondary N) is 1. The normalized spacial score (nSPS) is 12.3. The van der Waals surface area contributed by atoms with Crippen molar-refractivity contribution in [2.75, 3.05) is 0 Å². The molecule has 1 amide bonds. The van der Waals surface area contributed by atoms with E-state index in [2.05, 4.69) is 20.4 Å². The zero-order chi connectivity index (χ0) is 19.0. The Kier molecular flexibility index (Phi) is 4.41. The van der Waals surface area contributed by atoms with E-state index >= 15 is 0 Å². The maximum atomic E-state index is 13.3. The molecule has 3 heterocycles. The van der Waals surface area contributed by atoms with Crippen LogP contribution in [0, 0.1) is 19.7 Å². The van der Waals surface area contributed by atoms with Crippen molar-refractivity contribution >= 4 is 23.0 Å².